The zero-order valence-corrected chi connectivity index (χ0v) is 15.3. The van der Waals surface area contributed by atoms with Gasteiger partial charge < -0.3 is 25.1 Å². The number of halogens is 3. The van der Waals surface area contributed by atoms with Crippen LogP contribution < -0.4 is 5.73 Å². The Labute approximate surface area is 157 Å². The maximum Gasteiger partial charge on any atom is 0.290 e. The van der Waals surface area contributed by atoms with Crippen molar-refractivity contribution in [3.63, 3.8) is 0 Å². The summed E-state index contributed by atoms with van der Waals surface area (Å²) in [6, 6.07) is 1.42. The lowest BCUT2D eigenvalue weighted by Gasteiger charge is -2.07. The molecule has 27 heavy (non-hydrogen) atoms. The van der Waals surface area contributed by atoms with Crippen LogP contribution in [0.4, 0.5) is 13.2 Å². The van der Waals surface area contributed by atoms with Crippen molar-refractivity contribution in [2.24, 2.45) is 5.73 Å². The van der Waals surface area contributed by atoms with Crippen LogP contribution in [0.25, 0.3) is 0 Å². The van der Waals surface area contributed by atoms with Crippen molar-refractivity contribution < 1.29 is 37.3 Å². The molecule has 3 N–H and O–H groups in total. The Hall–Kier alpha value is -1.68. The van der Waals surface area contributed by atoms with E-state index < -0.39 is 17.5 Å². The van der Waals surface area contributed by atoms with Gasteiger partial charge in [-0.15, -0.1) is 0 Å². The summed E-state index contributed by atoms with van der Waals surface area (Å²) in [6.07, 6.45) is 2.45. The fourth-order valence-corrected chi connectivity index (χ4v) is 2.12. The molecule has 0 fully saturated rings. The first-order valence-corrected chi connectivity index (χ1v) is 8.71. The molecule has 9 heteroatoms. The first-order valence-electron chi connectivity index (χ1n) is 8.71. The van der Waals surface area contributed by atoms with Crippen LogP contribution in [-0.4, -0.2) is 57.8 Å². The molecule has 0 spiro atoms. The summed E-state index contributed by atoms with van der Waals surface area (Å²) in [4.78, 5) is 8.36. The number of hydrogen-bond acceptors (Lipinski definition) is 5. The number of benzene rings is 1. The molecule has 0 heterocycles. The Kier molecular flexibility index (Phi) is 16.6. The zero-order valence-electron chi connectivity index (χ0n) is 15.3. The highest BCUT2D eigenvalue weighted by atomic mass is 19.1. The van der Waals surface area contributed by atoms with E-state index in [4.69, 9.17) is 29.8 Å². The lowest BCUT2D eigenvalue weighted by atomic mass is 10.1. The third kappa shape index (κ3) is 14.1. The summed E-state index contributed by atoms with van der Waals surface area (Å²) in [5, 5.41) is 6.89. The predicted molar refractivity (Wildman–Crippen MR) is 94.1 cm³/mol. The minimum absolute atomic E-state index is 0.0532. The van der Waals surface area contributed by atoms with Gasteiger partial charge in [-0.3, -0.25) is 4.79 Å². The van der Waals surface area contributed by atoms with Gasteiger partial charge >= 0.3 is 0 Å². The maximum absolute atomic E-state index is 13.4. The highest BCUT2D eigenvalue weighted by Gasteiger charge is 2.10. The minimum atomic E-state index is -0.893. The molecule has 0 amide bonds. The molecule has 0 aliphatic carbocycles. The summed E-state index contributed by atoms with van der Waals surface area (Å²) in [5.41, 5.74) is 5.22. The molecule has 0 saturated heterocycles. The second kappa shape index (κ2) is 17.7. The van der Waals surface area contributed by atoms with E-state index in [2.05, 4.69) is 0 Å². The molecular weight excluding hydrogens is 367 g/mol. The highest BCUT2D eigenvalue weighted by molar-refractivity contribution is 5.32. The van der Waals surface area contributed by atoms with E-state index in [-0.39, 0.29) is 18.5 Å². The quantitative estimate of drug-likeness (QED) is 0.372. The van der Waals surface area contributed by atoms with E-state index in [1.807, 2.05) is 0 Å². The monoisotopic (exact) mass is 395 g/mol. The number of carboxylic acid groups (broad SMARTS) is 1. The van der Waals surface area contributed by atoms with Crippen LogP contribution in [0.3, 0.4) is 0 Å². The number of unbranched alkanes of at least 4 members (excludes halogenated alkanes) is 2. The molecule has 0 aliphatic rings. The molecule has 0 saturated carbocycles. The molecule has 0 atom stereocenters. The van der Waals surface area contributed by atoms with Gasteiger partial charge in [0.1, 0.15) is 17.5 Å². The van der Waals surface area contributed by atoms with Crippen LogP contribution >= 0.6 is 0 Å². The van der Waals surface area contributed by atoms with Gasteiger partial charge in [-0.25, -0.2) is 13.2 Å². The topological polar surface area (TPSA) is 91.0 Å². The van der Waals surface area contributed by atoms with E-state index in [1.54, 1.807) is 0 Å². The minimum Gasteiger partial charge on any atom is -0.483 e. The maximum atomic E-state index is 13.4. The van der Waals surface area contributed by atoms with Crippen LogP contribution in [0.1, 0.15) is 24.8 Å². The summed E-state index contributed by atoms with van der Waals surface area (Å²) < 4.78 is 55.5. The Morgan fingerprint density at radius 2 is 1.33 bits per heavy atom. The van der Waals surface area contributed by atoms with Gasteiger partial charge in [0.05, 0.1) is 33.0 Å². The molecule has 1 aromatic carbocycles. The Balaban J connectivity index is 0.00000210. The van der Waals surface area contributed by atoms with E-state index in [9.17, 15) is 13.2 Å². The van der Waals surface area contributed by atoms with Crippen molar-refractivity contribution in [2.45, 2.75) is 25.7 Å². The van der Waals surface area contributed by atoms with Gasteiger partial charge in [-0.2, -0.15) is 0 Å². The highest BCUT2D eigenvalue weighted by Crippen LogP contribution is 2.17. The molecule has 1 aromatic rings. The van der Waals surface area contributed by atoms with Crippen molar-refractivity contribution in [1.82, 2.24) is 0 Å². The average Bonchev–Trinajstić information content (AvgIpc) is 2.61. The fraction of sp³-hybridized carbons (Fsp3) is 0.611. The fourth-order valence-electron chi connectivity index (χ4n) is 2.12. The van der Waals surface area contributed by atoms with Gasteiger partial charge in [-0.1, -0.05) is 6.42 Å². The summed E-state index contributed by atoms with van der Waals surface area (Å²) in [7, 11) is 0. The zero-order chi connectivity index (χ0) is 20.3. The molecule has 0 aliphatic heterocycles. The largest absolute Gasteiger partial charge is 0.483 e. The lowest BCUT2D eigenvalue weighted by Crippen LogP contribution is -2.13. The van der Waals surface area contributed by atoms with Crippen molar-refractivity contribution in [3.05, 3.63) is 35.1 Å². The SMILES string of the molecule is NCCOCCOCCOCCCCCc1c(F)cc(F)cc1F.O=CO. The van der Waals surface area contributed by atoms with Crippen LogP contribution in [-0.2, 0) is 25.4 Å². The van der Waals surface area contributed by atoms with Crippen molar-refractivity contribution >= 4 is 6.47 Å². The third-order valence-corrected chi connectivity index (χ3v) is 3.33. The molecule has 0 bridgehead atoms. The molecule has 156 valence electrons. The lowest BCUT2D eigenvalue weighted by molar-refractivity contribution is -0.122. The smallest absolute Gasteiger partial charge is 0.290 e. The van der Waals surface area contributed by atoms with Gasteiger partial charge in [0.15, 0.2) is 0 Å². The Morgan fingerprint density at radius 1 is 0.852 bits per heavy atom. The summed E-state index contributed by atoms with van der Waals surface area (Å²) >= 11 is 0. The second-order valence-corrected chi connectivity index (χ2v) is 5.39. The summed E-state index contributed by atoms with van der Waals surface area (Å²) in [5.74, 6) is -2.54. The predicted octanol–water partition coefficient (Wildman–Crippen LogP) is 2.53. The van der Waals surface area contributed by atoms with Gasteiger partial charge in [-0.05, 0) is 19.3 Å². The van der Waals surface area contributed by atoms with Crippen molar-refractivity contribution in [1.29, 1.82) is 0 Å². The number of ether oxygens (including phenoxy) is 3. The van der Waals surface area contributed by atoms with Gasteiger partial charge in [0.25, 0.3) is 6.47 Å². The molecular formula is C18H28F3NO5. The van der Waals surface area contributed by atoms with Crippen LogP contribution in [0.2, 0.25) is 0 Å². The van der Waals surface area contributed by atoms with Crippen LogP contribution in [0, 0.1) is 17.5 Å². The van der Waals surface area contributed by atoms with E-state index >= 15 is 0 Å². The average molecular weight is 395 g/mol. The summed E-state index contributed by atoms with van der Waals surface area (Å²) in [6.45, 7) is 3.39. The number of carbonyl (C=O) groups is 1. The van der Waals surface area contributed by atoms with E-state index in [0.29, 0.717) is 64.7 Å². The van der Waals surface area contributed by atoms with E-state index in [0.717, 1.165) is 12.8 Å². The number of rotatable bonds is 14. The first-order chi connectivity index (χ1) is 13.1. The van der Waals surface area contributed by atoms with E-state index in [1.165, 1.54) is 0 Å². The molecule has 6 nitrogen and oxygen atoms in total. The van der Waals surface area contributed by atoms with Gasteiger partial charge in [0, 0.05) is 30.8 Å². The number of nitrogens with two attached hydrogens (primary N) is 1. The molecule has 0 aromatic heterocycles. The van der Waals surface area contributed by atoms with Crippen LogP contribution in [0.15, 0.2) is 12.1 Å². The molecule has 1 rings (SSSR count). The Bertz CT molecular complexity index is 483. The Morgan fingerprint density at radius 3 is 1.85 bits per heavy atom. The van der Waals surface area contributed by atoms with Crippen LogP contribution in [0.5, 0.6) is 0 Å². The first kappa shape index (κ1) is 25.3. The van der Waals surface area contributed by atoms with Gasteiger partial charge in [0.2, 0.25) is 0 Å². The standard InChI is InChI=1S/C17H26F3NO3.CH2O2/c18-14-12-16(19)15(17(20)13-14)4-2-1-3-6-22-8-10-24-11-9-23-7-5-21;2-1-3/h12-13H,1-11,21H2;1H,(H,2,3). The van der Waals surface area contributed by atoms with Crippen molar-refractivity contribution in [3.8, 4) is 0 Å². The third-order valence-electron chi connectivity index (χ3n) is 3.33. The van der Waals surface area contributed by atoms with Crippen molar-refractivity contribution in [2.75, 3.05) is 46.2 Å². The molecule has 0 radical (unpaired) electrons. The second-order valence-electron chi connectivity index (χ2n) is 5.39. The number of hydrogen-bond donors (Lipinski definition) is 2. The normalized spacial score (nSPS) is 10.4. The molecule has 0 unspecified atom stereocenters.